The SMILES string of the molecule is CN(C)c1nc(N(C)C)c2nc(/C=C/c3ccccc3)n(C)c2n1. The van der Waals surface area contributed by atoms with Crippen LogP contribution in [0, 0.1) is 0 Å². The van der Waals surface area contributed by atoms with Crippen LogP contribution in [0.4, 0.5) is 11.8 Å². The molecule has 0 unspecified atom stereocenters. The average molecular weight is 322 g/mol. The Morgan fingerprint density at radius 1 is 0.875 bits per heavy atom. The molecular weight excluding hydrogens is 300 g/mol. The van der Waals surface area contributed by atoms with Gasteiger partial charge in [-0.1, -0.05) is 36.4 Å². The van der Waals surface area contributed by atoms with Crippen molar-refractivity contribution in [1.29, 1.82) is 0 Å². The van der Waals surface area contributed by atoms with Gasteiger partial charge in [0.05, 0.1) is 0 Å². The normalized spacial score (nSPS) is 11.4. The second-order valence-electron chi connectivity index (χ2n) is 6.08. The molecule has 3 aromatic rings. The predicted molar refractivity (Wildman–Crippen MR) is 100 cm³/mol. The number of benzene rings is 1. The van der Waals surface area contributed by atoms with Crippen LogP contribution in [0.2, 0.25) is 0 Å². The molecule has 6 nitrogen and oxygen atoms in total. The first kappa shape index (κ1) is 16.0. The van der Waals surface area contributed by atoms with Gasteiger partial charge in [-0.2, -0.15) is 9.97 Å². The Labute approximate surface area is 142 Å². The highest BCUT2D eigenvalue weighted by atomic mass is 15.3. The number of nitrogens with zero attached hydrogens (tertiary/aromatic N) is 6. The number of hydrogen-bond acceptors (Lipinski definition) is 5. The molecule has 0 radical (unpaired) electrons. The van der Waals surface area contributed by atoms with E-state index in [1.54, 1.807) is 0 Å². The highest BCUT2D eigenvalue weighted by molar-refractivity contribution is 5.87. The molecule has 0 aliphatic rings. The van der Waals surface area contributed by atoms with Gasteiger partial charge in [0.1, 0.15) is 5.82 Å². The first-order valence-corrected chi connectivity index (χ1v) is 7.79. The van der Waals surface area contributed by atoms with E-state index in [2.05, 4.69) is 28.2 Å². The summed E-state index contributed by atoms with van der Waals surface area (Å²) in [7, 11) is 9.79. The molecule has 3 rings (SSSR count). The molecule has 124 valence electrons. The van der Waals surface area contributed by atoms with Crippen LogP contribution in [0.1, 0.15) is 11.4 Å². The summed E-state index contributed by atoms with van der Waals surface area (Å²) < 4.78 is 2.00. The molecule has 0 saturated carbocycles. The molecule has 2 aromatic heterocycles. The molecule has 0 spiro atoms. The zero-order chi connectivity index (χ0) is 17.3. The van der Waals surface area contributed by atoms with Gasteiger partial charge in [-0.15, -0.1) is 0 Å². The smallest absolute Gasteiger partial charge is 0.228 e. The minimum absolute atomic E-state index is 0.674. The lowest BCUT2D eigenvalue weighted by Crippen LogP contribution is -2.17. The Balaban J connectivity index is 2.12. The quantitative estimate of drug-likeness (QED) is 0.739. The third-order valence-electron chi connectivity index (χ3n) is 3.77. The second kappa shape index (κ2) is 6.31. The van der Waals surface area contributed by atoms with Gasteiger partial charge < -0.3 is 14.4 Å². The van der Waals surface area contributed by atoms with Gasteiger partial charge in [-0.25, -0.2) is 4.98 Å². The van der Waals surface area contributed by atoms with E-state index in [1.807, 2.05) is 73.9 Å². The Morgan fingerprint density at radius 3 is 2.21 bits per heavy atom. The number of aryl methyl sites for hydroxylation is 1. The van der Waals surface area contributed by atoms with Gasteiger partial charge >= 0.3 is 0 Å². The second-order valence-corrected chi connectivity index (χ2v) is 6.08. The Kier molecular flexibility index (Phi) is 4.20. The van der Waals surface area contributed by atoms with Gasteiger partial charge in [0.2, 0.25) is 5.95 Å². The minimum atomic E-state index is 0.674. The largest absolute Gasteiger partial charge is 0.361 e. The maximum absolute atomic E-state index is 4.74. The summed E-state index contributed by atoms with van der Waals surface area (Å²) >= 11 is 0. The zero-order valence-corrected chi connectivity index (χ0v) is 14.7. The van der Waals surface area contributed by atoms with Crippen LogP contribution >= 0.6 is 0 Å². The van der Waals surface area contributed by atoms with E-state index < -0.39 is 0 Å². The number of aromatic nitrogens is 4. The molecule has 2 heterocycles. The number of rotatable bonds is 4. The zero-order valence-electron chi connectivity index (χ0n) is 14.7. The van der Waals surface area contributed by atoms with Crippen LogP contribution in [0.3, 0.4) is 0 Å². The molecule has 0 amide bonds. The van der Waals surface area contributed by atoms with Crippen molar-refractivity contribution >= 4 is 35.1 Å². The summed E-state index contributed by atoms with van der Waals surface area (Å²) in [6, 6.07) is 10.2. The highest BCUT2D eigenvalue weighted by Gasteiger charge is 2.17. The van der Waals surface area contributed by atoms with Crippen molar-refractivity contribution in [3.63, 3.8) is 0 Å². The summed E-state index contributed by atoms with van der Waals surface area (Å²) in [4.78, 5) is 17.9. The maximum Gasteiger partial charge on any atom is 0.228 e. The van der Waals surface area contributed by atoms with Gasteiger partial charge in [0.25, 0.3) is 0 Å². The highest BCUT2D eigenvalue weighted by Crippen LogP contribution is 2.25. The maximum atomic E-state index is 4.74. The lowest BCUT2D eigenvalue weighted by atomic mass is 10.2. The summed E-state index contributed by atoms with van der Waals surface area (Å²) in [5, 5.41) is 0. The molecule has 6 heteroatoms. The van der Waals surface area contributed by atoms with E-state index in [0.717, 1.165) is 28.4 Å². The van der Waals surface area contributed by atoms with Gasteiger partial charge in [-0.05, 0) is 11.6 Å². The first-order valence-electron chi connectivity index (χ1n) is 7.79. The molecule has 24 heavy (non-hydrogen) atoms. The fourth-order valence-corrected chi connectivity index (χ4v) is 2.45. The minimum Gasteiger partial charge on any atom is -0.361 e. The van der Waals surface area contributed by atoms with Gasteiger partial charge in [0, 0.05) is 35.2 Å². The van der Waals surface area contributed by atoms with Crippen molar-refractivity contribution in [2.45, 2.75) is 0 Å². The number of fused-ring (bicyclic) bond motifs is 1. The van der Waals surface area contributed by atoms with Crippen molar-refractivity contribution in [2.24, 2.45) is 7.05 Å². The van der Waals surface area contributed by atoms with Crippen molar-refractivity contribution in [3.05, 3.63) is 41.7 Å². The van der Waals surface area contributed by atoms with Gasteiger partial charge in [-0.3, -0.25) is 0 Å². The van der Waals surface area contributed by atoms with E-state index in [0.29, 0.717) is 5.95 Å². The first-order chi connectivity index (χ1) is 11.5. The van der Waals surface area contributed by atoms with E-state index >= 15 is 0 Å². The van der Waals surface area contributed by atoms with E-state index in [4.69, 9.17) is 4.98 Å². The third kappa shape index (κ3) is 2.95. The Bertz CT molecular complexity index is 877. The van der Waals surface area contributed by atoms with Crippen LogP contribution in [-0.4, -0.2) is 47.7 Å². The number of hydrogen-bond donors (Lipinski definition) is 0. The van der Waals surface area contributed by atoms with Crippen LogP contribution in [0.5, 0.6) is 0 Å². The monoisotopic (exact) mass is 322 g/mol. The summed E-state index contributed by atoms with van der Waals surface area (Å²) in [6.45, 7) is 0. The number of anilines is 2. The van der Waals surface area contributed by atoms with Crippen molar-refractivity contribution < 1.29 is 0 Å². The summed E-state index contributed by atoms with van der Waals surface area (Å²) in [5.41, 5.74) is 2.77. The lowest BCUT2D eigenvalue weighted by molar-refractivity contribution is 0.904. The van der Waals surface area contributed by atoms with Crippen LogP contribution in [0.15, 0.2) is 30.3 Å². The molecule has 0 N–H and O–H groups in total. The molecule has 0 fully saturated rings. The lowest BCUT2D eigenvalue weighted by Gasteiger charge is -2.16. The van der Waals surface area contributed by atoms with E-state index in [-0.39, 0.29) is 0 Å². The van der Waals surface area contributed by atoms with E-state index in [9.17, 15) is 0 Å². The number of imidazole rings is 1. The molecular formula is C18H22N6. The van der Waals surface area contributed by atoms with Crippen molar-refractivity contribution in [1.82, 2.24) is 19.5 Å². The summed E-state index contributed by atoms with van der Waals surface area (Å²) in [5.74, 6) is 2.34. The molecule has 0 saturated heterocycles. The Morgan fingerprint density at radius 2 is 1.58 bits per heavy atom. The molecule has 0 bridgehead atoms. The Hall–Kier alpha value is -2.89. The molecule has 0 atom stereocenters. The van der Waals surface area contributed by atoms with Crippen LogP contribution < -0.4 is 9.80 Å². The van der Waals surface area contributed by atoms with Crippen molar-refractivity contribution in [3.8, 4) is 0 Å². The van der Waals surface area contributed by atoms with E-state index in [1.165, 1.54) is 0 Å². The summed E-state index contributed by atoms with van der Waals surface area (Å²) in [6.07, 6.45) is 4.06. The topological polar surface area (TPSA) is 50.1 Å². The standard InChI is InChI=1S/C18H22N6/c1-22(2)16-15-17(21-18(20-16)23(3)4)24(5)14(19-15)12-11-13-9-7-6-8-10-13/h6-12H,1-5H3/b12-11+. The van der Waals surface area contributed by atoms with Crippen LogP contribution in [-0.2, 0) is 7.05 Å². The molecule has 0 aliphatic carbocycles. The predicted octanol–water partition coefficient (Wildman–Crippen LogP) is 2.67. The third-order valence-corrected chi connectivity index (χ3v) is 3.77. The van der Waals surface area contributed by atoms with Gasteiger partial charge in [0.15, 0.2) is 17.0 Å². The molecule has 0 aliphatic heterocycles. The van der Waals surface area contributed by atoms with Crippen LogP contribution in [0.25, 0.3) is 23.3 Å². The van der Waals surface area contributed by atoms with Crippen molar-refractivity contribution in [2.75, 3.05) is 38.0 Å². The molecule has 1 aromatic carbocycles. The average Bonchev–Trinajstić information content (AvgIpc) is 2.89. The fourth-order valence-electron chi connectivity index (χ4n) is 2.45. The fraction of sp³-hybridized carbons (Fsp3) is 0.278.